The van der Waals surface area contributed by atoms with Crippen molar-refractivity contribution in [2.45, 2.75) is 33.1 Å². The number of aromatic nitrogens is 2. The lowest BCUT2D eigenvalue weighted by Gasteiger charge is -2.29. The Bertz CT molecular complexity index is 978. The molecule has 27 heavy (non-hydrogen) atoms. The third-order valence-electron chi connectivity index (χ3n) is 4.78. The van der Waals surface area contributed by atoms with Crippen LogP contribution in [-0.4, -0.2) is 21.8 Å². The topological polar surface area (TPSA) is 125 Å². The van der Waals surface area contributed by atoms with Gasteiger partial charge in [0.1, 0.15) is 11.8 Å². The van der Waals surface area contributed by atoms with Crippen LogP contribution < -0.4 is 11.1 Å². The smallest absolute Gasteiger partial charge is 0.291 e. The summed E-state index contributed by atoms with van der Waals surface area (Å²) in [6, 6.07) is 6.86. The van der Waals surface area contributed by atoms with Crippen LogP contribution in [0.5, 0.6) is 0 Å². The minimum absolute atomic E-state index is 0.0511. The first kappa shape index (κ1) is 18.4. The molecule has 0 unspecified atom stereocenters. The van der Waals surface area contributed by atoms with Gasteiger partial charge in [-0.25, -0.2) is 4.98 Å². The number of imidazole rings is 1. The van der Waals surface area contributed by atoms with Gasteiger partial charge in [0, 0.05) is 16.8 Å². The molecular weight excluding hydrogens is 342 g/mol. The Kier molecular flexibility index (Phi) is 4.82. The lowest BCUT2D eigenvalue weighted by Crippen LogP contribution is -2.18. The third-order valence-corrected chi connectivity index (χ3v) is 4.78. The van der Waals surface area contributed by atoms with Crippen LogP contribution in [0.25, 0.3) is 5.57 Å². The fourth-order valence-corrected chi connectivity index (χ4v) is 3.07. The Labute approximate surface area is 157 Å². The predicted molar refractivity (Wildman–Crippen MR) is 102 cm³/mol. The van der Waals surface area contributed by atoms with Gasteiger partial charge in [0.2, 0.25) is 5.91 Å². The molecule has 1 aromatic carbocycles. The number of H-pyrrole nitrogens is 1. The summed E-state index contributed by atoms with van der Waals surface area (Å²) >= 11 is 0. The quantitative estimate of drug-likeness (QED) is 0.771. The van der Waals surface area contributed by atoms with Crippen molar-refractivity contribution in [2.24, 2.45) is 11.1 Å². The molecule has 0 spiro atoms. The molecule has 3 rings (SSSR count). The molecule has 0 fully saturated rings. The largest absolute Gasteiger partial charge is 0.366 e. The maximum absolute atomic E-state index is 12.5. The molecule has 138 valence electrons. The third kappa shape index (κ3) is 4.06. The molecule has 1 aromatic heterocycles. The molecule has 0 atom stereocenters. The van der Waals surface area contributed by atoms with Gasteiger partial charge in [-0.15, -0.1) is 0 Å². The minimum Gasteiger partial charge on any atom is -0.366 e. The standard InChI is InChI=1S/C20H21N5O2/c1-20(2)7-5-12(6-8-20)15-9-13(17(22)26)3-4-16(15)25-19(27)18-23-11-14(10-21)24-18/h3-5,9,11H,6-8H2,1-2H3,(H2,22,26)(H,23,24)(H,25,27). The number of anilines is 1. The average Bonchev–Trinajstić information content (AvgIpc) is 3.11. The lowest BCUT2D eigenvalue weighted by molar-refractivity contribution is 0.0997. The fraction of sp³-hybridized carbons (Fsp3) is 0.300. The monoisotopic (exact) mass is 363 g/mol. The van der Waals surface area contributed by atoms with Crippen molar-refractivity contribution in [2.75, 3.05) is 5.32 Å². The SMILES string of the molecule is CC1(C)CC=C(c2cc(C(N)=O)ccc2NC(=O)c2ncc(C#N)[nH]2)CC1. The molecule has 2 amide bonds. The number of nitrogens with two attached hydrogens (primary N) is 1. The van der Waals surface area contributed by atoms with Gasteiger partial charge in [-0.05, 0) is 48.4 Å². The van der Waals surface area contributed by atoms with E-state index >= 15 is 0 Å². The predicted octanol–water partition coefficient (Wildman–Crippen LogP) is 3.23. The van der Waals surface area contributed by atoms with Gasteiger partial charge in [-0.3, -0.25) is 9.59 Å². The highest BCUT2D eigenvalue weighted by Crippen LogP contribution is 2.40. The van der Waals surface area contributed by atoms with E-state index in [0.717, 1.165) is 30.4 Å². The zero-order valence-corrected chi connectivity index (χ0v) is 15.3. The van der Waals surface area contributed by atoms with E-state index in [0.29, 0.717) is 11.3 Å². The Morgan fingerprint density at radius 2 is 2.15 bits per heavy atom. The van der Waals surface area contributed by atoms with Crippen LogP contribution in [0.3, 0.4) is 0 Å². The van der Waals surface area contributed by atoms with E-state index in [9.17, 15) is 9.59 Å². The summed E-state index contributed by atoms with van der Waals surface area (Å²) < 4.78 is 0. The number of carbonyl (C=O) groups is 2. The van der Waals surface area contributed by atoms with Crippen LogP contribution in [-0.2, 0) is 0 Å². The molecule has 1 heterocycles. The molecule has 1 aliphatic rings. The molecule has 7 heteroatoms. The molecule has 0 saturated carbocycles. The number of aromatic amines is 1. The van der Waals surface area contributed by atoms with Crippen LogP contribution in [0.4, 0.5) is 5.69 Å². The van der Waals surface area contributed by atoms with Crippen molar-refractivity contribution in [1.29, 1.82) is 5.26 Å². The lowest BCUT2D eigenvalue weighted by atomic mass is 9.76. The maximum Gasteiger partial charge on any atom is 0.291 e. The van der Waals surface area contributed by atoms with Crippen LogP contribution in [0.15, 0.2) is 30.5 Å². The molecular formula is C20H21N5O2. The fourth-order valence-electron chi connectivity index (χ4n) is 3.07. The van der Waals surface area contributed by atoms with Gasteiger partial charge in [0.15, 0.2) is 5.82 Å². The van der Waals surface area contributed by atoms with Gasteiger partial charge < -0.3 is 16.0 Å². The van der Waals surface area contributed by atoms with Crippen LogP contribution >= 0.6 is 0 Å². The van der Waals surface area contributed by atoms with Crippen molar-refractivity contribution in [3.8, 4) is 6.07 Å². The molecule has 0 saturated heterocycles. The number of hydrogen-bond acceptors (Lipinski definition) is 4. The number of amides is 2. The Hall–Kier alpha value is -3.40. The normalized spacial score (nSPS) is 15.5. The summed E-state index contributed by atoms with van der Waals surface area (Å²) in [5, 5.41) is 11.7. The molecule has 1 aliphatic carbocycles. The highest BCUT2D eigenvalue weighted by Gasteiger charge is 2.24. The maximum atomic E-state index is 12.5. The van der Waals surface area contributed by atoms with Crippen LogP contribution in [0.1, 0.15) is 65.3 Å². The number of nitrogens with zero attached hydrogens (tertiary/aromatic N) is 2. The van der Waals surface area contributed by atoms with E-state index in [4.69, 9.17) is 11.0 Å². The second-order valence-corrected chi connectivity index (χ2v) is 7.43. The first-order chi connectivity index (χ1) is 12.8. The highest BCUT2D eigenvalue weighted by atomic mass is 16.2. The van der Waals surface area contributed by atoms with Gasteiger partial charge in [0.05, 0.1) is 6.20 Å². The Morgan fingerprint density at radius 1 is 1.37 bits per heavy atom. The number of nitrogens with one attached hydrogen (secondary N) is 2. The van der Waals surface area contributed by atoms with Crippen LogP contribution in [0, 0.1) is 16.7 Å². The molecule has 4 N–H and O–H groups in total. The van der Waals surface area contributed by atoms with Crippen molar-refractivity contribution in [3.05, 3.63) is 53.1 Å². The van der Waals surface area contributed by atoms with Gasteiger partial charge >= 0.3 is 0 Å². The second-order valence-electron chi connectivity index (χ2n) is 7.43. The Balaban J connectivity index is 1.95. The molecule has 0 radical (unpaired) electrons. The van der Waals surface area contributed by atoms with Crippen molar-refractivity contribution < 1.29 is 9.59 Å². The first-order valence-corrected chi connectivity index (χ1v) is 8.69. The van der Waals surface area contributed by atoms with Gasteiger partial charge in [0.25, 0.3) is 5.91 Å². The highest BCUT2D eigenvalue weighted by molar-refractivity contribution is 6.04. The number of primary amides is 1. The summed E-state index contributed by atoms with van der Waals surface area (Å²) in [6.45, 7) is 4.43. The second kappa shape index (κ2) is 7.08. The summed E-state index contributed by atoms with van der Waals surface area (Å²) in [4.78, 5) is 30.6. The molecule has 0 bridgehead atoms. The van der Waals surface area contributed by atoms with Crippen molar-refractivity contribution in [3.63, 3.8) is 0 Å². The van der Waals surface area contributed by atoms with E-state index in [1.807, 2.05) is 6.07 Å². The number of benzene rings is 1. The number of rotatable bonds is 4. The molecule has 2 aromatic rings. The summed E-state index contributed by atoms with van der Waals surface area (Å²) in [7, 11) is 0. The first-order valence-electron chi connectivity index (χ1n) is 8.69. The number of allylic oxidation sites excluding steroid dienone is 2. The number of nitriles is 1. The zero-order chi connectivity index (χ0) is 19.6. The van der Waals surface area contributed by atoms with E-state index in [-0.39, 0.29) is 16.9 Å². The summed E-state index contributed by atoms with van der Waals surface area (Å²) in [5.41, 5.74) is 8.68. The zero-order valence-electron chi connectivity index (χ0n) is 15.3. The van der Waals surface area contributed by atoms with Crippen LogP contribution in [0.2, 0.25) is 0 Å². The summed E-state index contributed by atoms with van der Waals surface area (Å²) in [6.07, 6.45) is 6.23. The molecule has 0 aliphatic heterocycles. The van der Waals surface area contributed by atoms with Crippen molar-refractivity contribution >= 4 is 23.1 Å². The number of hydrogen-bond donors (Lipinski definition) is 3. The average molecular weight is 363 g/mol. The minimum atomic E-state index is -0.518. The van der Waals surface area contributed by atoms with E-state index in [1.165, 1.54) is 6.20 Å². The van der Waals surface area contributed by atoms with Gasteiger partial charge in [-0.2, -0.15) is 5.26 Å². The van der Waals surface area contributed by atoms with E-state index in [1.54, 1.807) is 18.2 Å². The number of carbonyl (C=O) groups excluding carboxylic acids is 2. The Morgan fingerprint density at radius 3 is 2.74 bits per heavy atom. The molecule has 7 nitrogen and oxygen atoms in total. The summed E-state index contributed by atoms with van der Waals surface area (Å²) in [5.74, 6) is -0.924. The van der Waals surface area contributed by atoms with Crippen molar-refractivity contribution in [1.82, 2.24) is 9.97 Å². The van der Waals surface area contributed by atoms with E-state index < -0.39 is 11.8 Å². The van der Waals surface area contributed by atoms with Gasteiger partial charge in [-0.1, -0.05) is 19.9 Å². The van der Waals surface area contributed by atoms with E-state index in [2.05, 4.69) is 35.2 Å².